The highest BCUT2D eigenvalue weighted by molar-refractivity contribution is 5.13. The fraction of sp³-hybridized carbons (Fsp3) is 1.00. The third-order valence-electron chi connectivity index (χ3n) is 4.00. The van der Waals surface area contributed by atoms with Crippen molar-refractivity contribution < 1.29 is 0 Å². The summed E-state index contributed by atoms with van der Waals surface area (Å²) in [7, 11) is 0. The van der Waals surface area contributed by atoms with Crippen molar-refractivity contribution in [3.05, 3.63) is 0 Å². The standard InChI is InChI=1S/C8H13N/c1-2-8-5-9-4-7(8)3-6(1)8/h6-7,9H,1-5H2. The van der Waals surface area contributed by atoms with Crippen molar-refractivity contribution in [1.82, 2.24) is 5.32 Å². The maximum atomic E-state index is 3.51. The monoisotopic (exact) mass is 123 g/mol. The zero-order valence-corrected chi connectivity index (χ0v) is 5.69. The van der Waals surface area contributed by atoms with E-state index in [4.69, 9.17) is 0 Å². The Morgan fingerprint density at radius 3 is 2.78 bits per heavy atom. The largest absolute Gasteiger partial charge is 0.316 e. The lowest BCUT2D eigenvalue weighted by Gasteiger charge is -2.60. The smallest absolute Gasteiger partial charge is 0.00137 e. The Labute approximate surface area is 55.8 Å². The van der Waals surface area contributed by atoms with Gasteiger partial charge < -0.3 is 5.32 Å². The van der Waals surface area contributed by atoms with E-state index in [-0.39, 0.29) is 0 Å². The molecule has 0 bridgehead atoms. The van der Waals surface area contributed by atoms with Gasteiger partial charge in [-0.2, -0.15) is 0 Å². The van der Waals surface area contributed by atoms with Crippen LogP contribution in [0, 0.1) is 17.3 Å². The van der Waals surface area contributed by atoms with Crippen LogP contribution in [0.3, 0.4) is 0 Å². The molecule has 2 aliphatic carbocycles. The van der Waals surface area contributed by atoms with Crippen LogP contribution in [-0.2, 0) is 0 Å². The molecule has 0 aromatic rings. The molecule has 3 unspecified atom stereocenters. The molecule has 2 saturated carbocycles. The molecule has 1 nitrogen and oxygen atoms in total. The summed E-state index contributed by atoms with van der Waals surface area (Å²) in [6.07, 6.45) is 4.63. The molecule has 1 aliphatic heterocycles. The summed E-state index contributed by atoms with van der Waals surface area (Å²) in [4.78, 5) is 0. The first-order valence-corrected chi connectivity index (χ1v) is 4.12. The van der Waals surface area contributed by atoms with Crippen LogP contribution in [0.4, 0.5) is 0 Å². The molecule has 1 spiro atoms. The minimum atomic E-state index is 0.861. The Bertz CT molecular complexity index is 155. The maximum Gasteiger partial charge on any atom is 0.00137 e. The first-order valence-electron chi connectivity index (χ1n) is 4.12. The summed E-state index contributed by atoms with van der Waals surface area (Å²) < 4.78 is 0. The maximum absolute atomic E-state index is 3.51. The van der Waals surface area contributed by atoms with Gasteiger partial charge in [0.25, 0.3) is 0 Å². The lowest BCUT2D eigenvalue weighted by molar-refractivity contribution is -0.104. The molecule has 0 aromatic carbocycles. The lowest BCUT2D eigenvalue weighted by Crippen LogP contribution is -2.55. The van der Waals surface area contributed by atoms with E-state index in [1.165, 1.54) is 25.9 Å². The van der Waals surface area contributed by atoms with Crippen molar-refractivity contribution >= 4 is 0 Å². The molecule has 1 heterocycles. The third kappa shape index (κ3) is 0.337. The van der Waals surface area contributed by atoms with Gasteiger partial charge in [-0.1, -0.05) is 0 Å². The number of nitrogens with one attached hydrogen (secondary N) is 1. The van der Waals surface area contributed by atoms with Gasteiger partial charge in [0.05, 0.1) is 0 Å². The van der Waals surface area contributed by atoms with Crippen LogP contribution in [0.5, 0.6) is 0 Å². The molecule has 3 fully saturated rings. The summed E-state index contributed by atoms with van der Waals surface area (Å²) in [6.45, 7) is 2.68. The Morgan fingerprint density at radius 2 is 2.33 bits per heavy atom. The predicted molar refractivity (Wildman–Crippen MR) is 36.1 cm³/mol. The fourth-order valence-electron chi connectivity index (χ4n) is 3.17. The van der Waals surface area contributed by atoms with Crippen molar-refractivity contribution in [2.45, 2.75) is 19.3 Å². The van der Waals surface area contributed by atoms with E-state index in [1.54, 1.807) is 6.42 Å². The molecule has 1 saturated heterocycles. The second-order valence-corrected chi connectivity index (χ2v) is 4.03. The summed E-state index contributed by atoms with van der Waals surface area (Å²) in [5.41, 5.74) is 0.861. The zero-order valence-electron chi connectivity index (χ0n) is 5.69. The molecular weight excluding hydrogens is 110 g/mol. The number of hydrogen-bond donors (Lipinski definition) is 1. The van der Waals surface area contributed by atoms with Gasteiger partial charge >= 0.3 is 0 Å². The molecule has 3 atom stereocenters. The second-order valence-electron chi connectivity index (χ2n) is 4.03. The van der Waals surface area contributed by atoms with Crippen molar-refractivity contribution in [3.8, 4) is 0 Å². The SMILES string of the molecule is C1CC23CNCC2CC13. The van der Waals surface area contributed by atoms with E-state index in [0.29, 0.717) is 0 Å². The van der Waals surface area contributed by atoms with Crippen LogP contribution >= 0.6 is 0 Å². The molecule has 0 aromatic heterocycles. The van der Waals surface area contributed by atoms with Gasteiger partial charge in [-0.3, -0.25) is 0 Å². The second kappa shape index (κ2) is 1.20. The van der Waals surface area contributed by atoms with Gasteiger partial charge in [-0.05, 0) is 43.1 Å². The van der Waals surface area contributed by atoms with Gasteiger partial charge in [0.15, 0.2) is 0 Å². The van der Waals surface area contributed by atoms with E-state index in [1.807, 2.05) is 0 Å². The Kier molecular flexibility index (Phi) is 0.628. The van der Waals surface area contributed by atoms with E-state index < -0.39 is 0 Å². The highest BCUT2D eigenvalue weighted by atomic mass is 15.0. The van der Waals surface area contributed by atoms with Gasteiger partial charge in [-0.25, -0.2) is 0 Å². The van der Waals surface area contributed by atoms with Gasteiger partial charge in [0, 0.05) is 6.54 Å². The van der Waals surface area contributed by atoms with Crippen molar-refractivity contribution in [2.75, 3.05) is 13.1 Å². The summed E-state index contributed by atoms with van der Waals surface area (Å²) in [5.74, 6) is 2.24. The number of hydrogen-bond acceptors (Lipinski definition) is 1. The molecule has 3 rings (SSSR count). The van der Waals surface area contributed by atoms with Crippen molar-refractivity contribution in [3.63, 3.8) is 0 Å². The average Bonchev–Trinajstić information content (AvgIpc) is 2.23. The topological polar surface area (TPSA) is 12.0 Å². The van der Waals surface area contributed by atoms with E-state index >= 15 is 0 Å². The minimum absolute atomic E-state index is 0.861. The van der Waals surface area contributed by atoms with Crippen LogP contribution in [0.1, 0.15) is 19.3 Å². The molecule has 3 aliphatic rings. The van der Waals surface area contributed by atoms with Crippen LogP contribution in [0.2, 0.25) is 0 Å². The van der Waals surface area contributed by atoms with E-state index in [0.717, 1.165) is 17.3 Å². The highest BCUT2D eigenvalue weighted by Crippen LogP contribution is 2.65. The fourth-order valence-corrected chi connectivity index (χ4v) is 3.17. The Morgan fingerprint density at radius 1 is 1.33 bits per heavy atom. The van der Waals surface area contributed by atoms with Crippen molar-refractivity contribution in [1.29, 1.82) is 0 Å². The van der Waals surface area contributed by atoms with Crippen LogP contribution in [0.25, 0.3) is 0 Å². The van der Waals surface area contributed by atoms with Gasteiger partial charge in [0.1, 0.15) is 0 Å². The first-order chi connectivity index (χ1) is 4.42. The molecule has 50 valence electrons. The van der Waals surface area contributed by atoms with Crippen LogP contribution in [-0.4, -0.2) is 13.1 Å². The molecule has 1 N–H and O–H groups in total. The van der Waals surface area contributed by atoms with E-state index in [9.17, 15) is 0 Å². The molecule has 1 heteroatoms. The lowest BCUT2D eigenvalue weighted by atomic mass is 9.43. The summed E-state index contributed by atoms with van der Waals surface area (Å²) in [6, 6.07) is 0. The first kappa shape index (κ1) is 4.73. The predicted octanol–water partition coefficient (Wildman–Crippen LogP) is 1.01. The third-order valence-corrected chi connectivity index (χ3v) is 4.00. The molecule has 0 radical (unpaired) electrons. The summed E-state index contributed by atoms with van der Waals surface area (Å²) in [5, 5.41) is 3.51. The average molecular weight is 123 g/mol. The molecular formula is C8H13N. The quantitative estimate of drug-likeness (QED) is 0.507. The van der Waals surface area contributed by atoms with Crippen LogP contribution in [0.15, 0.2) is 0 Å². The number of rotatable bonds is 0. The Hall–Kier alpha value is -0.0400. The molecule has 0 amide bonds. The van der Waals surface area contributed by atoms with Crippen molar-refractivity contribution in [2.24, 2.45) is 17.3 Å². The molecule has 9 heavy (non-hydrogen) atoms. The highest BCUT2D eigenvalue weighted by Gasteiger charge is 2.62. The van der Waals surface area contributed by atoms with Crippen LogP contribution < -0.4 is 5.32 Å². The Balaban J connectivity index is 1.95. The minimum Gasteiger partial charge on any atom is -0.316 e. The van der Waals surface area contributed by atoms with E-state index in [2.05, 4.69) is 5.32 Å². The normalized spacial score (nSPS) is 61.3. The zero-order chi connectivity index (χ0) is 5.90. The van der Waals surface area contributed by atoms with Gasteiger partial charge in [-0.15, -0.1) is 0 Å². The van der Waals surface area contributed by atoms with Gasteiger partial charge in [0.2, 0.25) is 0 Å². The summed E-state index contributed by atoms with van der Waals surface area (Å²) >= 11 is 0.